The van der Waals surface area contributed by atoms with Gasteiger partial charge in [-0.3, -0.25) is 4.79 Å². The van der Waals surface area contributed by atoms with Gasteiger partial charge in [0.15, 0.2) is 0 Å². The molecule has 0 spiro atoms. The molecule has 2 aromatic carbocycles. The Morgan fingerprint density at radius 2 is 1.78 bits per heavy atom. The Balaban J connectivity index is 1.95. The molecule has 7 nitrogen and oxygen atoms in total. The fourth-order valence-corrected chi connectivity index (χ4v) is 3.78. The Morgan fingerprint density at radius 1 is 1.11 bits per heavy atom. The predicted octanol–water partition coefficient (Wildman–Crippen LogP) is 3.07. The van der Waals surface area contributed by atoms with Crippen molar-refractivity contribution in [2.45, 2.75) is 24.3 Å². The number of carbonyl (C=O) groups excluding carboxylic acids is 1. The van der Waals surface area contributed by atoms with E-state index in [-0.39, 0.29) is 11.7 Å². The number of rotatable bonds is 7. The Labute approximate surface area is 162 Å². The average molecular weight is 383 g/mol. The van der Waals surface area contributed by atoms with Crippen LogP contribution in [0.15, 0.2) is 59.8 Å². The van der Waals surface area contributed by atoms with Gasteiger partial charge in [0.2, 0.25) is 11.1 Å². The summed E-state index contributed by atoms with van der Waals surface area (Å²) >= 11 is 1.31. The molecule has 0 aliphatic rings. The van der Waals surface area contributed by atoms with Gasteiger partial charge in [0.25, 0.3) is 0 Å². The lowest BCUT2D eigenvalue weighted by Gasteiger charge is -2.24. The van der Waals surface area contributed by atoms with Gasteiger partial charge in [-0.2, -0.15) is 4.68 Å². The van der Waals surface area contributed by atoms with Gasteiger partial charge in [0, 0.05) is 13.1 Å². The van der Waals surface area contributed by atoms with Crippen molar-refractivity contribution in [3.05, 3.63) is 60.2 Å². The number of phenolic OH excluding ortho intramolecular Hbond substituents is 1. The SMILES string of the molecule is CCN(CC)C(=O)[C@H](Sc1nnnn1-c1ccc(O)cc1)c1ccccc1. The van der Waals surface area contributed by atoms with Crippen LogP contribution >= 0.6 is 11.8 Å². The van der Waals surface area contributed by atoms with Gasteiger partial charge >= 0.3 is 0 Å². The summed E-state index contributed by atoms with van der Waals surface area (Å²) in [4.78, 5) is 14.9. The second-order valence-corrected chi connectivity index (χ2v) is 6.88. The van der Waals surface area contributed by atoms with E-state index in [4.69, 9.17) is 0 Å². The van der Waals surface area contributed by atoms with Crippen molar-refractivity contribution in [2.24, 2.45) is 0 Å². The molecule has 0 saturated carbocycles. The number of nitrogens with zero attached hydrogens (tertiary/aromatic N) is 5. The van der Waals surface area contributed by atoms with Gasteiger partial charge in [0.05, 0.1) is 5.69 Å². The van der Waals surface area contributed by atoms with Crippen LogP contribution in [0.25, 0.3) is 5.69 Å². The molecule has 0 radical (unpaired) electrons. The third-order valence-corrected chi connectivity index (χ3v) is 5.34. The lowest BCUT2D eigenvalue weighted by molar-refractivity contribution is -0.130. The fourth-order valence-electron chi connectivity index (χ4n) is 2.70. The van der Waals surface area contributed by atoms with E-state index in [1.807, 2.05) is 44.2 Å². The molecule has 0 saturated heterocycles. The summed E-state index contributed by atoms with van der Waals surface area (Å²) in [5.41, 5.74) is 1.61. The zero-order valence-electron chi connectivity index (χ0n) is 15.2. The molecular weight excluding hydrogens is 362 g/mol. The minimum absolute atomic E-state index is 0.0245. The Kier molecular flexibility index (Phi) is 6.08. The molecule has 140 valence electrons. The van der Waals surface area contributed by atoms with Gasteiger partial charge in [-0.15, -0.1) is 5.10 Å². The number of phenols is 1. The summed E-state index contributed by atoms with van der Waals surface area (Å²) in [5, 5.41) is 21.5. The van der Waals surface area contributed by atoms with Crippen molar-refractivity contribution in [3.63, 3.8) is 0 Å². The van der Waals surface area contributed by atoms with Crippen molar-refractivity contribution in [1.29, 1.82) is 0 Å². The first-order valence-electron chi connectivity index (χ1n) is 8.72. The van der Waals surface area contributed by atoms with Crippen molar-refractivity contribution >= 4 is 17.7 Å². The number of hydrogen-bond donors (Lipinski definition) is 1. The van der Waals surface area contributed by atoms with Crippen LogP contribution < -0.4 is 0 Å². The number of benzene rings is 2. The molecule has 0 bridgehead atoms. The van der Waals surface area contributed by atoms with Gasteiger partial charge < -0.3 is 10.0 Å². The van der Waals surface area contributed by atoms with Crippen LogP contribution in [0.1, 0.15) is 24.7 Å². The summed E-state index contributed by atoms with van der Waals surface area (Å²) in [5.74, 6) is 0.191. The van der Waals surface area contributed by atoms with E-state index in [2.05, 4.69) is 15.5 Å². The maximum atomic E-state index is 13.1. The lowest BCUT2D eigenvalue weighted by Crippen LogP contribution is -2.34. The summed E-state index contributed by atoms with van der Waals surface area (Å²) < 4.78 is 1.57. The highest BCUT2D eigenvalue weighted by molar-refractivity contribution is 8.00. The van der Waals surface area contributed by atoms with Crippen LogP contribution in [-0.4, -0.2) is 49.2 Å². The molecule has 1 atom stereocenters. The van der Waals surface area contributed by atoms with Crippen LogP contribution in [0.4, 0.5) is 0 Å². The van der Waals surface area contributed by atoms with E-state index in [0.717, 1.165) is 5.56 Å². The molecule has 3 aromatic rings. The van der Waals surface area contributed by atoms with Crippen LogP contribution in [-0.2, 0) is 4.79 Å². The number of aromatic nitrogens is 4. The minimum Gasteiger partial charge on any atom is -0.508 e. The Hall–Kier alpha value is -2.87. The second-order valence-electron chi connectivity index (χ2n) is 5.81. The molecule has 1 N–H and O–H groups in total. The van der Waals surface area contributed by atoms with E-state index in [0.29, 0.717) is 23.9 Å². The molecule has 0 aliphatic heterocycles. The first kappa shape index (κ1) is 18.9. The molecule has 27 heavy (non-hydrogen) atoms. The Morgan fingerprint density at radius 3 is 2.41 bits per heavy atom. The lowest BCUT2D eigenvalue weighted by atomic mass is 10.1. The molecular formula is C19H21N5O2S. The topological polar surface area (TPSA) is 84.1 Å². The molecule has 0 fully saturated rings. The third kappa shape index (κ3) is 4.28. The molecule has 0 aliphatic carbocycles. The zero-order valence-corrected chi connectivity index (χ0v) is 16.0. The minimum atomic E-state index is -0.451. The number of likely N-dealkylation sites (N-methyl/N-ethyl adjacent to an activating group) is 1. The van der Waals surface area contributed by atoms with Crippen LogP contribution in [0.3, 0.4) is 0 Å². The van der Waals surface area contributed by atoms with Crippen molar-refractivity contribution < 1.29 is 9.90 Å². The van der Waals surface area contributed by atoms with Crippen LogP contribution in [0.5, 0.6) is 5.75 Å². The van der Waals surface area contributed by atoms with Gasteiger partial charge in [-0.25, -0.2) is 0 Å². The standard InChI is InChI=1S/C19H21N5O2S/c1-3-23(4-2)18(26)17(14-8-6-5-7-9-14)27-19-20-21-22-24(19)15-10-12-16(25)13-11-15/h5-13,17,25H,3-4H2,1-2H3/t17-/m1/s1. The maximum Gasteiger partial charge on any atom is 0.240 e. The maximum absolute atomic E-state index is 13.1. The van der Waals surface area contributed by atoms with Gasteiger partial charge in [0.1, 0.15) is 11.0 Å². The van der Waals surface area contributed by atoms with E-state index >= 15 is 0 Å². The summed E-state index contributed by atoms with van der Waals surface area (Å²) in [7, 11) is 0. The van der Waals surface area contributed by atoms with E-state index in [1.54, 1.807) is 33.8 Å². The van der Waals surface area contributed by atoms with Crippen LogP contribution in [0, 0.1) is 0 Å². The number of thioether (sulfide) groups is 1. The first-order valence-corrected chi connectivity index (χ1v) is 9.60. The molecule has 1 aromatic heterocycles. The van der Waals surface area contributed by atoms with Crippen LogP contribution in [0.2, 0.25) is 0 Å². The molecule has 1 heterocycles. The third-order valence-electron chi connectivity index (χ3n) is 4.16. The predicted molar refractivity (Wildman–Crippen MR) is 104 cm³/mol. The normalized spacial score (nSPS) is 11.9. The van der Waals surface area contributed by atoms with Gasteiger partial charge in [-0.05, 0) is 54.1 Å². The molecule has 1 amide bonds. The number of amides is 1. The summed E-state index contributed by atoms with van der Waals surface area (Å²) in [6.07, 6.45) is 0. The summed E-state index contributed by atoms with van der Waals surface area (Å²) in [6, 6.07) is 16.2. The fraction of sp³-hybridized carbons (Fsp3) is 0.263. The highest BCUT2D eigenvalue weighted by Crippen LogP contribution is 2.36. The van der Waals surface area contributed by atoms with Crippen molar-refractivity contribution in [3.8, 4) is 11.4 Å². The summed E-state index contributed by atoms with van der Waals surface area (Å²) in [6.45, 7) is 5.22. The van der Waals surface area contributed by atoms with E-state index in [1.165, 1.54) is 11.8 Å². The van der Waals surface area contributed by atoms with E-state index in [9.17, 15) is 9.90 Å². The molecule has 8 heteroatoms. The number of carbonyl (C=O) groups is 1. The Bertz CT molecular complexity index is 879. The first-order chi connectivity index (χ1) is 13.1. The quantitative estimate of drug-likeness (QED) is 0.631. The average Bonchev–Trinajstić information content (AvgIpc) is 3.16. The molecule has 0 unspecified atom stereocenters. The van der Waals surface area contributed by atoms with E-state index < -0.39 is 5.25 Å². The largest absolute Gasteiger partial charge is 0.508 e. The van der Waals surface area contributed by atoms with Gasteiger partial charge in [-0.1, -0.05) is 42.1 Å². The molecule has 3 rings (SSSR count). The highest BCUT2D eigenvalue weighted by Gasteiger charge is 2.28. The van der Waals surface area contributed by atoms with Crippen molar-refractivity contribution in [2.75, 3.05) is 13.1 Å². The number of tetrazole rings is 1. The monoisotopic (exact) mass is 383 g/mol. The zero-order chi connectivity index (χ0) is 19.2. The second kappa shape index (κ2) is 8.68. The highest BCUT2D eigenvalue weighted by atomic mass is 32.2. The number of hydrogen-bond acceptors (Lipinski definition) is 6. The smallest absolute Gasteiger partial charge is 0.240 e. The van der Waals surface area contributed by atoms with Crippen molar-refractivity contribution in [1.82, 2.24) is 25.1 Å². The number of aromatic hydroxyl groups is 1.